The number of aryl methyl sites for hydroxylation is 1. The fraction of sp³-hybridized carbons (Fsp3) is 0.0952. The standard InChI is InChI=1S/C21H16Cl2N4O5S2/c1-12-17(3-5-21(26-12)34(25,30)31)27-20(28)11-32-18-4-2-14(22)9-19(18)33(29)16-7-13(10-24)6-15(23)8-16/h2-9H,11H2,1H3,(H,27,28)(H2,25,30,31). The summed E-state index contributed by atoms with van der Waals surface area (Å²) in [7, 11) is -5.79. The highest BCUT2D eigenvalue weighted by Crippen LogP contribution is 2.31. The number of pyridine rings is 1. The molecule has 3 aromatic rings. The van der Waals surface area contributed by atoms with Gasteiger partial charge in [0.1, 0.15) is 5.75 Å². The molecule has 0 radical (unpaired) electrons. The molecule has 34 heavy (non-hydrogen) atoms. The molecule has 1 amide bonds. The van der Waals surface area contributed by atoms with Gasteiger partial charge in [0.25, 0.3) is 15.9 Å². The molecule has 1 aromatic heterocycles. The van der Waals surface area contributed by atoms with E-state index in [0.717, 1.165) is 0 Å². The smallest absolute Gasteiger partial charge is 0.262 e. The van der Waals surface area contributed by atoms with Crippen molar-refractivity contribution in [3.05, 3.63) is 69.8 Å². The van der Waals surface area contributed by atoms with Crippen molar-refractivity contribution in [2.45, 2.75) is 21.7 Å². The molecule has 9 nitrogen and oxygen atoms in total. The molecule has 0 saturated heterocycles. The molecule has 3 N–H and O–H groups in total. The maximum atomic E-state index is 13.2. The number of benzene rings is 2. The highest BCUT2D eigenvalue weighted by atomic mass is 35.5. The lowest BCUT2D eigenvalue weighted by Gasteiger charge is -2.13. The van der Waals surface area contributed by atoms with E-state index in [2.05, 4.69) is 10.3 Å². The lowest BCUT2D eigenvalue weighted by atomic mass is 10.2. The summed E-state index contributed by atoms with van der Waals surface area (Å²) >= 11 is 12.1. The van der Waals surface area contributed by atoms with E-state index in [9.17, 15) is 17.4 Å². The summed E-state index contributed by atoms with van der Waals surface area (Å²) in [4.78, 5) is 16.7. The lowest BCUT2D eigenvalue weighted by Crippen LogP contribution is -2.22. The van der Waals surface area contributed by atoms with Gasteiger partial charge in [-0.15, -0.1) is 0 Å². The number of carbonyl (C=O) groups excluding carboxylic acids is 1. The average Bonchev–Trinajstić information content (AvgIpc) is 2.77. The van der Waals surface area contributed by atoms with Crippen molar-refractivity contribution < 1.29 is 22.2 Å². The van der Waals surface area contributed by atoms with Crippen LogP contribution in [0.4, 0.5) is 5.69 Å². The second-order valence-corrected chi connectivity index (χ2v) is 10.6. The minimum absolute atomic E-state index is 0.135. The molecular formula is C21H16Cl2N4O5S2. The molecule has 0 spiro atoms. The topological polar surface area (TPSA) is 152 Å². The van der Waals surface area contributed by atoms with Gasteiger partial charge in [0.2, 0.25) is 0 Å². The van der Waals surface area contributed by atoms with E-state index in [0.29, 0.717) is 5.02 Å². The third-order valence-corrected chi connectivity index (χ3v) is 6.95. The molecule has 0 bridgehead atoms. The molecule has 13 heteroatoms. The number of hydrogen-bond donors (Lipinski definition) is 2. The van der Waals surface area contributed by atoms with Gasteiger partial charge in [-0.3, -0.25) is 4.79 Å². The van der Waals surface area contributed by atoms with Gasteiger partial charge in [0, 0.05) is 14.9 Å². The van der Waals surface area contributed by atoms with E-state index in [1.54, 1.807) is 0 Å². The Balaban J connectivity index is 1.78. The van der Waals surface area contributed by atoms with Gasteiger partial charge in [0.15, 0.2) is 11.6 Å². The number of ether oxygens (including phenoxy) is 1. The Bertz CT molecular complexity index is 1460. The molecule has 0 saturated carbocycles. The minimum atomic E-state index is -3.98. The molecule has 176 valence electrons. The zero-order valence-corrected chi connectivity index (χ0v) is 20.6. The average molecular weight is 539 g/mol. The number of hydrogen-bond acceptors (Lipinski definition) is 7. The van der Waals surface area contributed by atoms with Crippen LogP contribution in [0.3, 0.4) is 0 Å². The number of rotatable bonds is 7. The van der Waals surface area contributed by atoms with Crippen LogP contribution < -0.4 is 15.2 Å². The van der Waals surface area contributed by atoms with Crippen molar-refractivity contribution in [2.75, 3.05) is 11.9 Å². The summed E-state index contributed by atoms with van der Waals surface area (Å²) in [5.41, 5.74) is 0.739. The summed E-state index contributed by atoms with van der Waals surface area (Å²) < 4.78 is 41.5. The first-order chi connectivity index (χ1) is 16.0. The molecule has 0 aliphatic rings. The Kier molecular flexibility index (Phi) is 7.91. The van der Waals surface area contributed by atoms with Crippen LogP contribution in [0.1, 0.15) is 11.3 Å². The Morgan fingerprint density at radius 3 is 2.56 bits per heavy atom. The zero-order chi connectivity index (χ0) is 25.0. The SMILES string of the molecule is Cc1nc(S(N)(=O)=O)ccc1NC(=O)COc1ccc(Cl)cc1S(=O)c1cc(Cl)cc(C#N)c1. The largest absolute Gasteiger partial charge is 0.482 e. The molecule has 1 atom stereocenters. The first kappa shape index (κ1) is 25.6. The fourth-order valence-corrected chi connectivity index (χ4v) is 5.09. The van der Waals surface area contributed by atoms with Crippen LogP contribution in [0, 0.1) is 18.3 Å². The summed E-state index contributed by atoms with van der Waals surface area (Å²) in [6.45, 7) is 1.05. The molecule has 0 fully saturated rings. The van der Waals surface area contributed by atoms with Crippen LogP contribution >= 0.6 is 23.2 Å². The van der Waals surface area contributed by atoms with Gasteiger partial charge in [-0.25, -0.2) is 22.7 Å². The van der Waals surface area contributed by atoms with Crippen LogP contribution in [0.5, 0.6) is 5.75 Å². The first-order valence-electron chi connectivity index (χ1n) is 9.33. The highest BCUT2D eigenvalue weighted by molar-refractivity contribution is 7.89. The Morgan fingerprint density at radius 1 is 1.18 bits per heavy atom. The number of nitrogens with one attached hydrogen (secondary N) is 1. The number of primary sulfonamides is 1. The van der Waals surface area contributed by atoms with Gasteiger partial charge in [0.05, 0.1) is 38.7 Å². The molecule has 1 unspecified atom stereocenters. The van der Waals surface area contributed by atoms with E-state index in [-0.39, 0.29) is 42.5 Å². The molecule has 1 heterocycles. The van der Waals surface area contributed by atoms with Crippen LogP contribution in [-0.4, -0.2) is 30.1 Å². The lowest BCUT2D eigenvalue weighted by molar-refractivity contribution is -0.118. The molecule has 0 aliphatic carbocycles. The maximum Gasteiger partial charge on any atom is 0.262 e. The van der Waals surface area contributed by atoms with Crippen LogP contribution in [-0.2, 0) is 25.6 Å². The van der Waals surface area contributed by atoms with Crippen molar-refractivity contribution in [1.82, 2.24) is 4.98 Å². The van der Waals surface area contributed by atoms with Gasteiger partial charge in [-0.2, -0.15) is 5.26 Å². The fourth-order valence-electron chi connectivity index (χ4n) is 2.77. The summed E-state index contributed by atoms with van der Waals surface area (Å²) in [5.74, 6) is -0.440. The first-order valence-corrected chi connectivity index (χ1v) is 12.8. The van der Waals surface area contributed by atoms with Crippen molar-refractivity contribution in [1.29, 1.82) is 5.26 Å². The minimum Gasteiger partial charge on any atom is -0.482 e. The number of amides is 1. The van der Waals surface area contributed by atoms with Gasteiger partial charge in [-0.1, -0.05) is 23.2 Å². The van der Waals surface area contributed by atoms with Crippen molar-refractivity contribution in [2.24, 2.45) is 5.14 Å². The van der Waals surface area contributed by atoms with Gasteiger partial charge < -0.3 is 10.1 Å². The molecule has 2 aromatic carbocycles. The predicted octanol–water partition coefficient (Wildman–Crippen LogP) is 3.40. The monoisotopic (exact) mass is 538 g/mol. The van der Waals surface area contributed by atoms with Crippen molar-refractivity contribution in [3.8, 4) is 11.8 Å². The summed E-state index contributed by atoms with van der Waals surface area (Å²) in [6, 6.07) is 13.2. The zero-order valence-electron chi connectivity index (χ0n) is 17.4. The number of nitrogens with zero attached hydrogens (tertiary/aromatic N) is 2. The highest BCUT2D eigenvalue weighted by Gasteiger charge is 2.18. The normalized spacial score (nSPS) is 12.0. The van der Waals surface area contributed by atoms with E-state index in [4.69, 9.17) is 38.3 Å². The third-order valence-electron chi connectivity index (χ3n) is 4.30. The van der Waals surface area contributed by atoms with E-state index < -0.39 is 33.3 Å². The van der Waals surface area contributed by atoms with E-state index in [1.165, 1.54) is 55.5 Å². The van der Waals surface area contributed by atoms with Crippen LogP contribution in [0.2, 0.25) is 10.0 Å². The van der Waals surface area contributed by atoms with Crippen LogP contribution in [0.25, 0.3) is 0 Å². The molecule has 3 rings (SSSR count). The number of nitrogens with two attached hydrogens (primary N) is 1. The summed E-state index contributed by atoms with van der Waals surface area (Å²) in [6.07, 6.45) is 0. The number of anilines is 1. The van der Waals surface area contributed by atoms with E-state index in [1.807, 2.05) is 6.07 Å². The van der Waals surface area contributed by atoms with Gasteiger partial charge in [-0.05, 0) is 55.5 Å². The van der Waals surface area contributed by atoms with Gasteiger partial charge >= 0.3 is 0 Å². The second-order valence-electron chi connectivity index (χ2n) is 6.81. The summed E-state index contributed by atoms with van der Waals surface area (Å²) in [5, 5.41) is 17.0. The number of halogens is 2. The number of aromatic nitrogens is 1. The molecular weight excluding hydrogens is 523 g/mol. The second kappa shape index (κ2) is 10.5. The Hall–Kier alpha value is -3.01. The van der Waals surface area contributed by atoms with Crippen molar-refractivity contribution >= 4 is 55.6 Å². The maximum absolute atomic E-state index is 13.2. The molecule has 0 aliphatic heterocycles. The number of sulfonamides is 1. The third kappa shape index (κ3) is 6.31. The number of nitriles is 1. The predicted molar refractivity (Wildman–Crippen MR) is 127 cm³/mol. The van der Waals surface area contributed by atoms with Crippen molar-refractivity contribution in [3.63, 3.8) is 0 Å². The quantitative estimate of drug-likeness (QED) is 0.467. The van der Waals surface area contributed by atoms with E-state index >= 15 is 0 Å². The Morgan fingerprint density at radius 2 is 1.91 bits per heavy atom. The van der Waals surface area contributed by atoms with Crippen LogP contribution in [0.15, 0.2) is 63.3 Å². The Labute approximate surface area is 208 Å². The number of carbonyl (C=O) groups is 1.